The maximum Gasteiger partial charge on any atom is 0.262 e. The standard InChI is InChI=1S/C16H10ClN5O3/c17-8-6-19-21(7-8)10-3-1-2-4-11(10)22-12(23)5-9-13(14(22)18)16(25)20-15(9)24/h1-7H,18H2,(H,20,24,25). The molecule has 0 saturated carbocycles. The number of hydrogen-bond acceptors (Lipinski definition) is 5. The maximum absolute atomic E-state index is 12.6. The summed E-state index contributed by atoms with van der Waals surface area (Å²) in [5.41, 5.74) is 6.43. The van der Waals surface area contributed by atoms with Crippen molar-refractivity contribution in [1.82, 2.24) is 19.7 Å². The molecule has 1 aliphatic heterocycles. The Labute approximate surface area is 145 Å². The third kappa shape index (κ3) is 2.23. The first-order valence-electron chi connectivity index (χ1n) is 7.18. The quantitative estimate of drug-likeness (QED) is 0.669. The SMILES string of the molecule is Nc1c2c(cc(=O)n1-c1ccccc1-n1cc(Cl)cn1)C(=O)NC2=O. The number of anilines is 1. The van der Waals surface area contributed by atoms with Crippen LogP contribution in [0.3, 0.4) is 0 Å². The normalized spacial score (nSPS) is 13.0. The number of fused-ring (bicyclic) bond motifs is 1. The zero-order valence-corrected chi connectivity index (χ0v) is 13.3. The maximum atomic E-state index is 12.6. The van der Waals surface area contributed by atoms with E-state index in [1.165, 1.54) is 15.4 Å². The Kier molecular flexibility index (Phi) is 3.22. The Bertz CT molecular complexity index is 1120. The molecule has 3 heterocycles. The van der Waals surface area contributed by atoms with Crippen molar-refractivity contribution in [3.05, 3.63) is 69.2 Å². The van der Waals surface area contributed by atoms with E-state index in [0.29, 0.717) is 16.4 Å². The lowest BCUT2D eigenvalue weighted by molar-refractivity contribution is 0.0880. The van der Waals surface area contributed by atoms with Gasteiger partial charge in [-0.05, 0) is 12.1 Å². The summed E-state index contributed by atoms with van der Waals surface area (Å²) in [5.74, 6) is -1.38. The van der Waals surface area contributed by atoms with Crippen molar-refractivity contribution in [2.75, 3.05) is 5.73 Å². The minimum absolute atomic E-state index is 0.0158. The Morgan fingerprint density at radius 2 is 1.80 bits per heavy atom. The molecule has 8 nitrogen and oxygen atoms in total. The fourth-order valence-corrected chi connectivity index (χ4v) is 2.94. The van der Waals surface area contributed by atoms with Crippen LogP contribution in [0.4, 0.5) is 5.82 Å². The smallest absolute Gasteiger partial charge is 0.262 e. The molecule has 3 N–H and O–H groups in total. The lowest BCUT2D eigenvalue weighted by Crippen LogP contribution is -2.25. The van der Waals surface area contributed by atoms with Gasteiger partial charge in [-0.2, -0.15) is 5.10 Å². The van der Waals surface area contributed by atoms with E-state index in [-0.39, 0.29) is 16.9 Å². The minimum Gasteiger partial charge on any atom is -0.384 e. The molecule has 0 bridgehead atoms. The van der Waals surface area contributed by atoms with Gasteiger partial charge < -0.3 is 5.73 Å². The molecule has 0 radical (unpaired) electrons. The van der Waals surface area contributed by atoms with Crippen LogP contribution in [-0.4, -0.2) is 26.2 Å². The molecule has 0 unspecified atom stereocenters. The number of rotatable bonds is 2. The molecule has 3 aromatic rings. The second-order valence-corrected chi connectivity index (χ2v) is 5.80. The van der Waals surface area contributed by atoms with Crippen LogP contribution in [0.25, 0.3) is 11.4 Å². The largest absolute Gasteiger partial charge is 0.384 e. The molecule has 1 aromatic carbocycles. The number of nitrogens with zero attached hydrogens (tertiary/aromatic N) is 3. The molecule has 4 rings (SSSR count). The summed E-state index contributed by atoms with van der Waals surface area (Å²) < 4.78 is 2.66. The number of pyridine rings is 1. The predicted octanol–water partition coefficient (Wildman–Crippen LogP) is 1.14. The van der Waals surface area contributed by atoms with Crippen LogP contribution in [-0.2, 0) is 0 Å². The zero-order chi connectivity index (χ0) is 17.7. The molecule has 0 aliphatic carbocycles. The molecule has 0 saturated heterocycles. The highest BCUT2D eigenvalue weighted by Crippen LogP contribution is 2.26. The topological polar surface area (TPSA) is 112 Å². The first kappa shape index (κ1) is 15.2. The monoisotopic (exact) mass is 355 g/mol. The number of carbonyl (C=O) groups excluding carboxylic acids is 2. The number of halogens is 1. The second kappa shape index (κ2) is 5.32. The van der Waals surface area contributed by atoms with Gasteiger partial charge in [0.1, 0.15) is 5.82 Å². The van der Waals surface area contributed by atoms with Gasteiger partial charge in [0.15, 0.2) is 0 Å². The van der Waals surface area contributed by atoms with Gasteiger partial charge in [0.2, 0.25) is 0 Å². The third-order valence-electron chi connectivity index (χ3n) is 3.87. The van der Waals surface area contributed by atoms with E-state index in [9.17, 15) is 14.4 Å². The van der Waals surface area contributed by atoms with E-state index in [1.54, 1.807) is 30.5 Å². The summed E-state index contributed by atoms with van der Waals surface area (Å²) in [5, 5.41) is 6.68. The van der Waals surface area contributed by atoms with Gasteiger partial charge in [-0.3, -0.25) is 24.3 Å². The highest BCUT2D eigenvalue weighted by Gasteiger charge is 2.32. The fourth-order valence-electron chi connectivity index (χ4n) is 2.81. The van der Waals surface area contributed by atoms with Gasteiger partial charge in [-0.15, -0.1) is 0 Å². The van der Waals surface area contributed by atoms with Crippen molar-refractivity contribution in [2.24, 2.45) is 0 Å². The average molecular weight is 356 g/mol. The Morgan fingerprint density at radius 1 is 1.08 bits per heavy atom. The summed E-state index contributed by atoms with van der Waals surface area (Å²) in [6.45, 7) is 0. The number of carbonyl (C=O) groups is 2. The molecule has 0 fully saturated rings. The highest BCUT2D eigenvalue weighted by atomic mass is 35.5. The molecular formula is C16H10ClN5O3. The van der Waals surface area contributed by atoms with Crippen molar-refractivity contribution in [2.45, 2.75) is 0 Å². The number of benzene rings is 1. The van der Waals surface area contributed by atoms with E-state index in [2.05, 4.69) is 10.4 Å². The van der Waals surface area contributed by atoms with E-state index < -0.39 is 17.4 Å². The van der Waals surface area contributed by atoms with E-state index in [0.717, 1.165) is 6.07 Å². The second-order valence-electron chi connectivity index (χ2n) is 5.37. The minimum atomic E-state index is -0.636. The van der Waals surface area contributed by atoms with Gasteiger partial charge in [-0.25, -0.2) is 4.68 Å². The first-order valence-corrected chi connectivity index (χ1v) is 7.56. The van der Waals surface area contributed by atoms with Crippen LogP contribution in [0.15, 0.2) is 47.5 Å². The lowest BCUT2D eigenvalue weighted by Gasteiger charge is -2.15. The van der Waals surface area contributed by atoms with Gasteiger partial charge in [0.05, 0.1) is 33.7 Å². The zero-order valence-electron chi connectivity index (χ0n) is 12.6. The van der Waals surface area contributed by atoms with E-state index in [1.807, 2.05) is 0 Å². The summed E-state index contributed by atoms with van der Waals surface area (Å²) in [7, 11) is 0. The van der Waals surface area contributed by atoms with Crippen LogP contribution < -0.4 is 16.6 Å². The summed E-state index contributed by atoms with van der Waals surface area (Å²) in [6.07, 6.45) is 3.03. The number of para-hydroxylation sites is 2. The van der Waals surface area contributed by atoms with E-state index in [4.69, 9.17) is 17.3 Å². The van der Waals surface area contributed by atoms with Crippen molar-refractivity contribution in [1.29, 1.82) is 0 Å². The third-order valence-corrected chi connectivity index (χ3v) is 4.07. The van der Waals surface area contributed by atoms with Gasteiger partial charge in [-0.1, -0.05) is 23.7 Å². The number of amides is 2. The number of hydrogen-bond donors (Lipinski definition) is 2. The summed E-state index contributed by atoms with van der Waals surface area (Å²) in [4.78, 5) is 36.3. The molecule has 124 valence electrons. The number of imide groups is 1. The molecule has 0 spiro atoms. The molecule has 9 heteroatoms. The molecule has 1 aliphatic rings. The number of aromatic nitrogens is 3. The Morgan fingerprint density at radius 3 is 2.48 bits per heavy atom. The van der Waals surface area contributed by atoms with Crippen LogP contribution >= 0.6 is 11.6 Å². The summed E-state index contributed by atoms with van der Waals surface area (Å²) in [6, 6.07) is 7.96. The number of nitrogens with one attached hydrogen (secondary N) is 1. The van der Waals surface area contributed by atoms with Gasteiger partial charge in [0, 0.05) is 12.3 Å². The lowest BCUT2D eigenvalue weighted by atomic mass is 10.1. The van der Waals surface area contributed by atoms with E-state index >= 15 is 0 Å². The van der Waals surface area contributed by atoms with Crippen LogP contribution in [0.5, 0.6) is 0 Å². The Hall–Kier alpha value is -3.39. The predicted molar refractivity (Wildman–Crippen MR) is 90.4 cm³/mol. The Balaban J connectivity index is 2.02. The molecule has 2 amide bonds. The van der Waals surface area contributed by atoms with Gasteiger partial charge >= 0.3 is 0 Å². The van der Waals surface area contributed by atoms with Crippen molar-refractivity contribution in [3.63, 3.8) is 0 Å². The average Bonchev–Trinajstić information content (AvgIpc) is 3.12. The fraction of sp³-hybridized carbons (Fsp3) is 0. The van der Waals surface area contributed by atoms with Crippen LogP contribution in [0.1, 0.15) is 20.7 Å². The van der Waals surface area contributed by atoms with Gasteiger partial charge in [0.25, 0.3) is 17.4 Å². The first-order chi connectivity index (χ1) is 12.0. The van der Waals surface area contributed by atoms with Crippen molar-refractivity contribution >= 4 is 29.2 Å². The molecule has 2 aromatic heterocycles. The summed E-state index contributed by atoms with van der Waals surface area (Å²) >= 11 is 5.92. The molecular weight excluding hydrogens is 346 g/mol. The van der Waals surface area contributed by atoms with Crippen LogP contribution in [0, 0.1) is 0 Å². The highest BCUT2D eigenvalue weighted by molar-refractivity contribution is 6.30. The number of nitrogens with two attached hydrogens (primary N) is 1. The number of nitrogen functional groups attached to an aromatic ring is 1. The molecule has 25 heavy (non-hydrogen) atoms. The van der Waals surface area contributed by atoms with Crippen molar-refractivity contribution < 1.29 is 9.59 Å². The molecule has 0 atom stereocenters. The van der Waals surface area contributed by atoms with Crippen molar-refractivity contribution in [3.8, 4) is 11.4 Å². The van der Waals surface area contributed by atoms with Crippen LogP contribution in [0.2, 0.25) is 5.02 Å².